The zero-order chi connectivity index (χ0) is 15.9. The summed E-state index contributed by atoms with van der Waals surface area (Å²) in [4.78, 5) is 17.4. The SMILES string of the molecule is CCN1/C(=C/C=C2\C(=O)N(C)C(=S)N2C)Oc2ccccc21. The van der Waals surface area contributed by atoms with Crippen LogP contribution in [0, 0.1) is 0 Å². The van der Waals surface area contributed by atoms with Crippen molar-refractivity contribution in [3.05, 3.63) is 48.0 Å². The summed E-state index contributed by atoms with van der Waals surface area (Å²) in [5.41, 5.74) is 1.57. The molecule has 0 spiro atoms. The minimum atomic E-state index is -0.108. The van der Waals surface area contributed by atoms with Gasteiger partial charge in [0.15, 0.2) is 10.9 Å². The summed E-state index contributed by atoms with van der Waals surface area (Å²) in [6.45, 7) is 2.84. The van der Waals surface area contributed by atoms with Crippen LogP contribution >= 0.6 is 12.2 Å². The van der Waals surface area contributed by atoms with Crippen molar-refractivity contribution in [2.45, 2.75) is 6.92 Å². The fourth-order valence-electron chi connectivity index (χ4n) is 2.57. The first kappa shape index (κ1) is 14.6. The highest BCUT2D eigenvalue weighted by atomic mass is 32.1. The van der Waals surface area contributed by atoms with Gasteiger partial charge in [0.2, 0.25) is 5.88 Å². The second kappa shape index (κ2) is 5.46. The van der Waals surface area contributed by atoms with Crippen LogP contribution in [0.3, 0.4) is 0 Å². The van der Waals surface area contributed by atoms with E-state index in [2.05, 4.69) is 11.8 Å². The van der Waals surface area contributed by atoms with Crippen molar-refractivity contribution < 1.29 is 9.53 Å². The lowest BCUT2D eigenvalue weighted by atomic mass is 10.3. The molecule has 0 bridgehead atoms. The molecule has 2 aliphatic heterocycles. The van der Waals surface area contributed by atoms with Crippen LogP contribution in [0.4, 0.5) is 5.69 Å². The van der Waals surface area contributed by atoms with Crippen LogP contribution in [-0.4, -0.2) is 41.5 Å². The number of likely N-dealkylation sites (N-methyl/N-ethyl adjacent to an activating group) is 2. The number of para-hydroxylation sites is 2. The van der Waals surface area contributed by atoms with Gasteiger partial charge in [0.05, 0.1) is 5.69 Å². The van der Waals surface area contributed by atoms with Gasteiger partial charge in [0.1, 0.15) is 5.70 Å². The van der Waals surface area contributed by atoms with E-state index >= 15 is 0 Å². The Kier molecular flexibility index (Phi) is 3.62. The first-order valence-electron chi connectivity index (χ1n) is 7.06. The van der Waals surface area contributed by atoms with E-state index in [1.807, 2.05) is 30.3 Å². The summed E-state index contributed by atoms with van der Waals surface area (Å²) < 4.78 is 5.86. The van der Waals surface area contributed by atoms with Crippen molar-refractivity contribution in [2.75, 3.05) is 25.5 Å². The lowest BCUT2D eigenvalue weighted by Gasteiger charge is -2.15. The minimum Gasteiger partial charge on any atom is -0.439 e. The van der Waals surface area contributed by atoms with E-state index in [-0.39, 0.29) is 5.91 Å². The Morgan fingerprint density at radius 1 is 1.18 bits per heavy atom. The zero-order valence-corrected chi connectivity index (χ0v) is 13.6. The zero-order valence-electron chi connectivity index (χ0n) is 12.7. The minimum absolute atomic E-state index is 0.108. The third kappa shape index (κ3) is 2.16. The van der Waals surface area contributed by atoms with Crippen molar-refractivity contribution in [3.63, 3.8) is 0 Å². The lowest BCUT2D eigenvalue weighted by Crippen LogP contribution is -2.26. The summed E-state index contributed by atoms with van der Waals surface area (Å²) in [6.07, 6.45) is 3.57. The van der Waals surface area contributed by atoms with Crippen LogP contribution in [0.2, 0.25) is 0 Å². The molecule has 0 aliphatic carbocycles. The van der Waals surface area contributed by atoms with E-state index in [9.17, 15) is 4.79 Å². The van der Waals surface area contributed by atoms with Crippen molar-refractivity contribution in [1.29, 1.82) is 0 Å². The number of allylic oxidation sites excluding steroid dienone is 2. The van der Waals surface area contributed by atoms with E-state index < -0.39 is 0 Å². The monoisotopic (exact) mass is 315 g/mol. The van der Waals surface area contributed by atoms with Crippen LogP contribution in [0.5, 0.6) is 5.75 Å². The molecule has 1 fully saturated rings. The molecule has 1 saturated heterocycles. The molecule has 0 aromatic heterocycles. The lowest BCUT2D eigenvalue weighted by molar-refractivity contribution is -0.121. The number of anilines is 1. The molecular formula is C16H17N3O2S. The van der Waals surface area contributed by atoms with Crippen molar-refractivity contribution in [3.8, 4) is 5.75 Å². The summed E-state index contributed by atoms with van der Waals surface area (Å²) >= 11 is 5.20. The maximum atomic E-state index is 12.1. The number of nitrogens with zero attached hydrogens (tertiary/aromatic N) is 3. The largest absolute Gasteiger partial charge is 0.439 e. The summed E-state index contributed by atoms with van der Waals surface area (Å²) in [6, 6.07) is 7.87. The number of fused-ring (bicyclic) bond motifs is 1. The van der Waals surface area contributed by atoms with Gasteiger partial charge in [-0.15, -0.1) is 0 Å². The van der Waals surface area contributed by atoms with Crippen LogP contribution in [0.1, 0.15) is 6.92 Å². The third-order valence-corrected chi connectivity index (χ3v) is 4.34. The van der Waals surface area contributed by atoms with Crippen molar-refractivity contribution in [1.82, 2.24) is 9.80 Å². The molecule has 0 atom stereocenters. The van der Waals surface area contributed by atoms with Crippen LogP contribution in [-0.2, 0) is 4.79 Å². The molecule has 0 radical (unpaired) electrons. The quantitative estimate of drug-likeness (QED) is 0.618. The Hall–Kier alpha value is -2.34. The van der Waals surface area contributed by atoms with E-state index in [0.717, 1.165) is 18.0 Å². The predicted molar refractivity (Wildman–Crippen MR) is 89.4 cm³/mol. The number of thiocarbonyl (C=S) groups is 1. The number of amides is 1. The number of ether oxygens (including phenoxy) is 1. The second-order valence-electron chi connectivity index (χ2n) is 5.08. The van der Waals surface area contributed by atoms with Gasteiger partial charge in [-0.05, 0) is 37.4 Å². The summed E-state index contributed by atoms with van der Waals surface area (Å²) in [5.74, 6) is 1.42. The Bertz CT molecular complexity index is 711. The molecule has 1 aromatic carbocycles. The molecule has 5 nitrogen and oxygen atoms in total. The number of hydrogen-bond donors (Lipinski definition) is 0. The summed E-state index contributed by atoms with van der Waals surface area (Å²) in [5, 5.41) is 0.498. The van der Waals surface area contributed by atoms with Crippen molar-refractivity contribution >= 4 is 28.9 Å². The molecule has 1 amide bonds. The highest BCUT2D eigenvalue weighted by Crippen LogP contribution is 2.38. The molecule has 0 unspecified atom stereocenters. The highest BCUT2D eigenvalue weighted by Gasteiger charge is 2.32. The van der Waals surface area contributed by atoms with Gasteiger partial charge in [-0.2, -0.15) is 0 Å². The average molecular weight is 315 g/mol. The van der Waals surface area contributed by atoms with Crippen LogP contribution < -0.4 is 9.64 Å². The standard InChI is InChI=1S/C16H17N3O2S/c1-4-19-11-7-5-6-8-13(11)21-14(19)10-9-12-15(20)18(3)16(22)17(12)2/h5-10H,4H2,1-3H3/b12-9+,14-10-. The fourth-order valence-corrected chi connectivity index (χ4v) is 2.75. The molecule has 3 rings (SSSR count). The molecule has 114 valence electrons. The molecule has 2 heterocycles. The van der Waals surface area contributed by atoms with Gasteiger partial charge in [-0.1, -0.05) is 12.1 Å². The van der Waals surface area contributed by atoms with E-state index in [0.29, 0.717) is 16.7 Å². The highest BCUT2D eigenvalue weighted by molar-refractivity contribution is 7.80. The number of hydrogen-bond acceptors (Lipinski definition) is 4. The predicted octanol–water partition coefficient (Wildman–Crippen LogP) is 2.32. The second-order valence-corrected chi connectivity index (χ2v) is 5.44. The first-order valence-corrected chi connectivity index (χ1v) is 7.47. The van der Waals surface area contributed by atoms with E-state index in [1.165, 1.54) is 4.90 Å². The van der Waals surface area contributed by atoms with Gasteiger partial charge in [-0.3, -0.25) is 9.69 Å². The first-order chi connectivity index (χ1) is 10.5. The Morgan fingerprint density at radius 3 is 2.55 bits per heavy atom. The van der Waals surface area contributed by atoms with E-state index in [4.69, 9.17) is 17.0 Å². The fraction of sp³-hybridized carbons (Fsp3) is 0.250. The number of carbonyl (C=O) groups is 1. The maximum Gasteiger partial charge on any atom is 0.276 e. The number of benzene rings is 1. The van der Waals surface area contributed by atoms with Gasteiger partial charge in [-0.25, -0.2) is 0 Å². The number of carbonyl (C=O) groups excluding carboxylic acids is 1. The van der Waals surface area contributed by atoms with Crippen molar-refractivity contribution in [2.24, 2.45) is 0 Å². The topological polar surface area (TPSA) is 36.0 Å². The normalized spacial score (nSPS) is 21.1. The molecular weight excluding hydrogens is 298 g/mol. The molecule has 1 aromatic rings. The smallest absolute Gasteiger partial charge is 0.276 e. The molecule has 0 N–H and O–H groups in total. The molecule has 0 saturated carbocycles. The van der Waals surface area contributed by atoms with Crippen LogP contribution in [0.25, 0.3) is 0 Å². The summed E-state index contributed by atoms with van der Waals surface area (Å²) in [7, 11) is 3.46. The van der Waals surface area contributed by atoms with Crippen LogP contribution in [0.15, 0.2) is 48.0 Å². The van der Waals surface area contributed by atoms with Gasteiger partial charge < -0.3 is 14.5 Å². The van der Waals surface area contributed by atoms with Gasteiger partial charge in [0, 0.05) is 26.7 Å². The third-order valence-electron chi connectivity index (χ3n) is 3.80. The number of rotatable bonds is 2. The Balaban J connectivity index is 1.93. The van der Waals surface area contributed by atoms with E-state index in [1.54, 1.807) is 25.1 Å². The molecule has 22 heavy (non-hydrogen) atoms. The Morgan fingerprint density at radius 2 is 1.91 bits per heavy atom. The Labute approximate surface area is 135 Å². The molecule has 2 aliphatic rings. The van der Waals surface area contributed by atoms with Gasteiger partial charge >= 0.3 is 0 Å². The molecule has 6 heteroatoms. The van der Waals surface area contributed by atoms with Gasteiger partial charge in [0.25, 0.3) is 5.91 Å². The maximum absolute atomic E-state index is 12.1. The average Bonchev–Trinajstić information content (AvgIpc) is 2.97.